The van der Waals surface area contributed by atoms with Gasteiger partial charge in [-0.1, -0.05) is 33.1 Å². The van der Waals surface area contributed by atoms with E-state index in [0.29, 0.717) is 10.6 Å². The predicted molar refractivity (Wildman–Crippen MR) is 89.7 cm³/mol. The van der Waals surface area contributed by atoms with E-state index in [0.717, 1.165) is 42.2 Å². The second kappa shape index (κ2) is 7.41. The molecule has 0 aliphatic rings. The van der Waals surface area contributed by atoms with Crippen LogP contribution in [0.25, 0.3) is 10.1 Å². The molecule has 4 nitrogen and oxygen atoms in total. The number of nitrogens with zero attached hydrogens (tertiary/aromatic N) is 1. The Labute approximate surface area is 129 Å². The molecular weight excluding hydrogens is 282 g/mol. The molecule has 0 saturated heterocycles. The Hall–Kier alpha value is -1.62. The van der Waals surface area contributed by atoms with Crippen LogP contribution < -0.4 is 11.1 Å². The fourth-order valence-corrected chi connectivity index (χ4v) is 3.47. The normalized spacial score (nSPS) is 12.5. The highest BCUT2D eigenvalue weighted by Gasteiger charge is 2.19. The standard InChI is InChI=1S/C16H23N3OS/c1-3-5-7-11(6-4-2)19-16(20)15-14(17)12-8-9-18-10-13(12)21-15/h8-11H,3-7,17H2,1-2H3,(H,19,20). The van der Waals surface area contributed by atoms with Crippen LogP contribution in [0, 0.1) is 0 Å². The Morgan fingerprint density at radius 1 is 1.38 bits per heavy atom. The van der Waals surface area contributed by atoms with E-state index in [9.17, 15) is 4.79 Å². The Morgan fingerprint density at radius 2 is 2.19 bits per heavy atom. The van der Waals surface area contributed by atoms with Gasteiger partial charge in [0.2, 0.25) is 0 Å². The Morgan fingerprint density at radius 3 is 2.86 bits per heavy atom. The van der Waals surface area contributed by atoms with Gasteiger partial charge in [0.05, 0.1) is 10.4 Å². The molecule has 2 aromatic heterocycles. The van der Waals surface area contributed by atoms with E-state index >= 15 is 0 Å². The van der Waals surface area contributed by atoms with Gasteiger partial charge in [-0.3, -0.25) is 9.78 Å². The van der Waals surface area contributed by atoms with Gasteiger partial charge in [-0.05, 0) is 18.9 Å². The average Bonchev–Trinajstić information content (AvgIpc) is 2.83. The van der Waals surface area contributed by atoms with E-state index in [-0.39, 0.29) is 11.9 Å². The van der Waals surface area contributed by atoms with E-state index in [1.54, 1.807) is 12.4 Å². The van der Waals surface area contributed by atoms with Gasteiger partial charge in [-0.15, -0.1) is 11.3 Å². The molecule has 0 bridgehead atoms. The van der Waals surface area contributed by atoms with Gasteiger partial charge in [-0.25, -0.2) is 0 Å². The van der Waals surface area contributed by atoms with Crippen LogP contribution in [0.4, 0.5) is 5.69 Å². The van der Waals surface area contributed by atoms with Gasteiger partial charge in [0.1, 0.15) is 4.88 Å². The molecule has 0 spiro atoms. The van der Waals surface area contributed by atoms with Crippen molar-refractivity contribution in [3.8, 4) is 0 Å². The van der Waals surface area contributed by atoms with Gasteiger partial charge in [0.25, 0.3) is 5.91 Å². The van der Waals surface area contributed by atoms with Crippen LogP contribution in [0.2, 0.25) is 0 Å². The maximum Gasteiger partial charge on any atom is 0.263 e. The zero-order chi connectivity index (χ0) is 15.2. The van der Waals surface area contributed by atoms with Crippen molar-refractivity contribution in [2.75, 3.05) is 5.73 Å². The largest absolute Gasteiger partial charge is 0.397 e. The third kappa shape index (κ3) is 3.73. The lowest BCUT2D eigenvalue weighted by Crippen LogP contribution is -2.34. The van der Waals surface area contributed by atoms with Crippen molar-refractivity contribution in [1.29, 1.82) is 0 Å². The first-order chi connectivity index (χ1) is 10.2. The molecule has 0 fully saturated rings. The summed E-state index contributed by atoms with van der Waals surface area (Å²) in [5.41, 5.74) is 6.68. The van der Waals surface area contributed by atoms with Crippen molar-refractivity contribution in [3.05, 3.63) is 23.3 Å². The summed E-state index contributed by atoms with van der Waals surface area (Å²) >= 11 is 1.42. The Balaban J connectivity index is 2.15. The molecule has 0 aromatic carbocycles. The fourth-order valence-electron chi connectivity index (χ4n) is 2.48. The lowest BCUT2D eigenvalue weighted by Gasteiger charge is -2.17. The number of carbonyl (C=O) groups excluding carboxylic acids is 1. The second-order valence-electron chi connectivity index (χ2n) is 5.32. The van der Waals surface area contributed by atoms with Crippen LogP contribution in [0.1, 0.15) is 55.6 Å². The maximum atomic E-state index is 12.5. The van der Waals surface area contributed by atoms with Crippen LogP contribution >= 0.6 is 11.3 Å². The number of hydrogen-bond donors (Lipinski definition) is 2. The third-order valence-electron chi connectivity index (χ3n) is 3.62. The molecule has 3 N–H and O–H groups in total. The smallest absolute Gasteiger partial charge is 0.263 e. The summed E-state index contributed by atoms with van der Waals surface area (Å²) < 4.78 is 0.959. The molecule has 2 heterocycles. The topological polar surface area (TPSA) is 68.0 Å². The minimum atomic E-state index is -0.0525. The van der Waals surface area contributed by atoms with Gasteiger partial charge in [0, 0.05) is 23.8 Å². The summed E-state index contributed by atoms with van der Waals surface area (Å²) in [7, 11) is 0. The summed E-state index contributed by atoms with van der Waals surface area (Å²) in [6.45, 7) is 4.31. The molecule has 2 rings (SSSR count). The number of nitrogens with one attached hydrogen (secondary N) is 1. The molecule has 5 heteroatoms. The number of fused-ring (bicyclic) bond motifs is 1. The number of rotatable bonds is 7. The first-order valence-electron chi connectivity index (χ1n) is 7.60. The van der Waals surface area contributed by atoms with E-state index in [1.807, 2.05) is 6.07 Å². The number of thiophene rings is 1. The number of nitrogens with two attached hydrogens (primary N) is 1. The monoisotopic (exact) mass is 305 g/mol. The molecule has 1 unspecified atom stereocenters. The summed E-state index contributed by atoms with van der Waals surface area (Å²) in [5, 5.41) is 4.06. The van der Waals surface area contributed by atoms with Crippen molar-refractivity contribution >= 4 is 33.0 Å². The highest BCUT2D eigenvalue weighted by Crippen LogP contribution is 2.32. The van der Waals surface area contributed by atoms with Crippen LogP contribution in [-0.2, 0) is 0 Å². The maximum absolute atomic E-state index is 12.5. The average molecular weight is 305 g/mol. The molecule has 1 atom stereocenters. The van der Waals surface area contributed by atoms with Gasteiger partial charge < -0.3 is 11.1 Å². The van der Waals surface area contributed by atoms with Crippen molar-refractivity contribution in [1.82, 2.24) is 10.3 Å². The van der Waals surface area contributed by atoms with Gasteiger partial charge in [-0.2, -0.15) is 0 Å². The SMILES string of the molecule is CCCCC(CCC)NC(=O)c1sc2cnccc2c1N. The zero-order valence-electron chi connectivity index (χ0n) is 12.7. The number of nitrogen functional groups attached to an aromatic ring is 1. The summed E-state index contributed by atoms with van der Waals surface area (Å²) in [4.78, 5) is 17.2. The number of anilines is 1. The second-order valence-corrected chi connectivity index (χ2v) is 6.37. The number of amides is 1. The minimum Gasteiger partial charge on any atom is -0.397 e. The molecule has 1 amide bonds. The van der Waals surface area contributed by atoms with Gasteiger partial charge in [0.15, 0.2) is 0 Å². The summed E-state index contributed by atoms with van der Waals surface area (Å²) in [5.74, 6) is -0.0525. The van der Waals surface area contributed by atoms with E-state index in [2.05, 4.69) is 24.1 Å². The van der Waals surface area contributed by atoms with Crippen molar-refractivity contribution in [2.45, 2.75) is 52.0 Å². The van der Waals surface area contributed by atoms with Gasteiger partial charge >= 0.3 is 0 Å². The molecule has 0 saturated carbocycles. The quantitative estimate of drug-likeness (QED) is 0.813. The summed E-state index contributed by atoms with van der Waals surface area (Å²) in [6, 6.07) is 2.10. The van der Waals surface area contributed by atoms with Crippen LogP contribution in [0.5, 0.6) is 0 Å². The van der Waals surface area contributed by atoms with E-state index in [1.165, 1.54) is 11.3 Å². The van der Waals surface area contributed by atoms with Crippen LogP contribution in [0.3, 0.4) is 0 Å². The lowest BCUT2D eigenvalue weighted by molar-refractivity contribution is 0.0937. The van der Waals surface area contributed by atoms with Crippen molar-refractivity contribution < 1.29 is 4.79 Å². The zero-order valence-corrected chi connectivity index (χ0v) is 13.5. The fraction of sp³-hybridized carbons (Fsp3) is 0.500. The molecule has 114 valence electrons. The minimum absolute atomic E-state index is 0.0525. The third-order valence-corrected chi connectivity index (χ3v) is 4.77. The number of carbonyl (C=O) groups is 1. The Bertz CT molecular complexity index is 609. The van der Waals surface area contributed by atoms with Crippen molar-refractivity contribution in [2.24, 2.45) is 0 Å². The highest BCUT2D eigenvalue weighted by molar-refractivity contribution is 7.21. The first kappa shape index (κ1) is 15.8. The van der Waals surface area contributed by atoms with E-state index < -0.39 is 0 Å². The number of aromatic nitrogens is 1. The molecule has 0 radical (unpaired) electrons. The molecular formula is C16H23N3OS. The first-order valence-corrected chi connectivity index (χ1v) is 8.41. The molecule has 21 heavy (non-hydrogen) atoms. The van der Waals surface area contributed by atoms with Crippen LogP contribution in [-0.4, -0.2) is 16.9 Å². The van der Waals surface area contributed by atoms with E-state index in [4.69, 9.17) is 5.73 Å². The molecule has 2 aromatic rings. The summed E-state index contributed by atoms with van der Waals surface area (Å²) in [6.07, 6.45) is 8.85. The lowest BCUT2D eigenvalue weighted by atomic mass is 10.1. The van der Waals surface area contributed by atoms with Crippen molar-refractivity contribution in [3.63, 3.8) is 0 Å². The number of hydrogen-bond acceptors (Lipinski definition) is 4. The van der Waals surface area contributed by atoms with Crippen LogP contribution in [0.15, 0.2) is 18.5 Å². The predicted octanol–water partition coefficient (Wildman–Crippen LogP) is 3.97. The number of unbranched alkanes of at least 4 members (excludes halogenated alkanes) is 1. The molecule has 0 aliphatic carbocycles. The number of pyridine rings is 1. The molecule has 0 aliphatic heterocycles. The highest BCUT2D eigenvalue weighted by atomic mass is 32.1. The Kier molecular flexibility index (Phi) is 5.56.